The van der Waals surface area contributed by atoms with Crippen molar-refractivity contribution in [3.8, 4) is 0 Å². The minimum atomic E-state index is -4.65. The van der Waals surface area contributed by atoms with Gasteiger partial charge in [0.05, 0.1) is 0 Å². The highest BCUT2D eigenvalue weighted by molar-refractivity contribution is 6.65. The summed E-state index contributed by atoms with van der Waals surface area (Å²) in [5.41, 5.74) is 0. The molecule has 0 spiro atoms. The van der Waals surface area contributed by atoms with Crippen molar-refractivity contribution in [2.45, 2.75) is 0 Å². The van der Waals surface area contributed by atoms with Gasteiger partial charge in [-0.2, -0.15) is 0 Å². The van der Waals surface area contributed by atoms with E-state index >= 15 is 0 Å². The number of hydrogen-bond acceptors (Lipinski definition) is 4. The number of hydrogen-bond donors (Lipinski definition) is 0. The molecule has 15 heavy (non-hydrogen) atoms. The van der Waals surface area contributed by atoms with Crippen LogP contribution < -0.4 is 4.98 Å². The average molecular weight is 217 g/mol. The van der Waals surface area contributed by atoms with Crippen LogP contribution in [0, 0.1) is 0 Å². The molecular weight excluding hydrogens is 211 g/mol. The van der Waals surface area contributed by atoms with Crippen LogP contribution >= 0.6 is 0 Å². The van der Waals surface area contributed by atoms with Crippen LogP contribution in [0.1, 0.15) is 0 Å². The molecule has 0 amide bonds. The lowest BCUT2D eigenvalue weighted by Crippen LogP contribution is -2.24. The van der Waals surface area contributed by atoms with E-state index in [0.717, 1.165) is 0 Å². The topological polar surface area (TPSA) is 66.7 Å². The zero-order valence-electron chi connectivity index (χ0n) is 7.35. The van der Waals surface area contributed by atoms with Crippen molar-refractivity contribution in [2.75, 3.05) is 0 Å². The predicted molar refractivity (Wildman–Crippen MR) is 43.2 cm³/mol. The summed E-state index contributed by atoms with van der Waals surface area (Å²) in [7, 11) is -4.65. The quantitative estimate of drug-likeness (QED) is 0.451. The Bertz CT molecular complexity index is 315. The molecule has 1 aromatic rings. The highest BCUT2D eigenvalue weighted by atomic mass is 19.3. The lowest BCUT2D eigenvalue weighted by molar-refractivity contribution is -0.377. The molecule has 2 heterocycles. The molecule has 1 aliphatic rings. The van der Waals surface area contributed by atoms with Crippen molar-refractivity contribution in [1.82, 2.24) is 0 Å². The van der Waals surface area contributed by atoms with Gasteiger partial charge in [0.2, 0.25) is 0 Å². The molecule has 0 aliphatic carbocycles. The number of aromatic nitrogens is 1. The summed E-state index contributed by atoms with van der Waals surface area (Å²) < 4.78 is 29.6. The zero-order chi connectivity index (χ0) is 11.3. The molecule has 0 atom stereocenters. The monoisotopic (exact) mass is 217 g/mol. The number of carbonyl (C=O) groups is 2. The van der Waals surface area contributed by atoms with E-state index in [-0.39, 0.29) is 0 Å². The number of nitrogens with one attached hydrogen (secondary N) is 1. The van der Waals surface area contributed by atoms with E-state index < -0.39 is 19.0 Å². The van der Waals surface area contributed by atoms with Gasteiger partial charge in [0.15, 0.2) is 12.4 Å². The maximum absolute atomic E-state index is 11.6. The Morgan fingerprint density at radius 1 is 1.00 bits per heavy atom. The van der Waals surface area contributed by atoms with Gasteiger partial charge in [-0.25, -0.2) is 14.6 Å². The summed E-state index contributed by atoms with van der Waals surface area (Å²) in [4.78, 5) is 22.5. The largest absolute Gasteiger partial charge is 0.730 e. The molecule has 1 N–H and O–H groups in total. The molecule has 2 rings (SSSR count). The molecule has 1 fully saturated rings. The molecule has 1 aliphatic heterocycles. The standard InChI is InChI=1S/C5H5N.C2BF2O4/c1-2-4-6-5-3-1;4-3(5)8-1(6)2(7)9-3/h1-5H;/q;-1/p+1. The molecule has 8 heteroatoms. The van der Waals surface area contributed by atoms with E-state index in [1.807, 2.05) is 30.6 Å². The van der Waals surface area contributed by atoms with Crippen LogP contribution in [0.4, 0.5) is 8.63 Å². The first-order valence-electron chi connectivity index (χ1n) is 3.89. The third-order valence-electron chi connectivity index (χ3n) is 1.26. The molecule has 5 nitrogen and oxygen atoms in total. The van der Waals surface area contributed by atoms with Gasteiger partial charge in [-0.3, -0.25) is 0 Å². The second-order valence-corrected chi connectivity index (χ2v) is 2.42. The first-order valence-corrected chi connectivity index (χ1v) is 3.89. The zero-order valence-corrected chi connectivity index (χ0v) is 7.35. The second kappa shape index (κ2) is 4.49. The smallest absolute Gasteiger partial charge is 0.593 e. The van der Waals surface area contributed by atoms with Gasteiger partial charge in [0, 0.05) is 12.1 Å². The van der Waals surface area contributed by atoms with E-state index in [9.17, 15) is 18.2 Å². The molecule has 0 bridgehead atoms. The highest BCUT2D eigenvalue weighted by Crippen LogP contribution is 2.17. The Morgan fingerprint density at radius 3 is 1.60 bits per heavy atom. The van der Waals surface area contributed by atoms with Gasteiger partial charge in [0.1, 0.15) is 0 Å². The summed E-state index contributed by atoms with van der Waals surface area (Å²) in [6.45, 7) is 0. The summed E-state index contributed by atoms with van der Waals surface area (Å²) >= 11 is 0. The minimum absolute atomic E-state index is 1.64. The Hall–Kier alpha value is -1.99. The number of pyridine rings is 1. The Kier molecular flexibility index (Phi) is 3.32. The highest BCUT2D eigenvalue weighted by Gasteiger charge is 2.46. The van der Waals surface area contributed by atoms with Crippen LogP contribution in [0.5, 0.6) is 0 Å². The fourth-order valence-corrected chi connectivity index (χ4v) is 0.711. The number of H-pyrrole nitrogens is 1. The van der Waals surface area contributed by atoms with E-state index in [0.29, 0.717) is 0 Å². The van der Waals surface area contributed by atoms with Gasteiger partial charge >= 0.3 is 19.0 Å². The first kappa shape index (κ1) is 11.1. The SMILES string of the molecule is O=C1O[B-](F)(F)OC1=O.c1cc[nH+]cc1. The molecule has 0 radical (unpaired) electrons. The van der Waals surface area contributed by atoms with E-state index in [1.54, 1.807) is 0 Å². The van der Waals surface area contributed by atoms with Crippen molar-refractivity contribution < 1.29 is 32.5 Å². The van der Waals surface area contributed by atoms with Crippen LogP contribution in [0.25, 0.3) is 0 Å². The van der Waals surface area contributed by atoms with Crippen molar-refractivity contribution in [3.05, 3.63) is 30.6 Å². The molecule has 0 unspecified atom stereocenters. The summed E-state index contributed by atoms with van der Waals surface area (Å²) in [6.07, 6.45) is 3.75. The van der Waals surface area contributed by atoms with Crippen molar-refractivity contribution >= 4 is 19.0 Å². The summed E-state index contributed by atoms with van der Waals surface area (Å²) in [5, 5.41) is 0. The predicted octanol–water partition coefficient (Wildman–Crippen LogP) is -0.0383. The molecule has 0 saturated carbocycles. The third-order valence-corrected chi connectivity index (χ3v) is 1.26. The van der Waals surface area contributed by atoms with Crippen LogP contribution in [-0.2, 0) is 18.9 Å². The van der Waals surface area contributed by atoms with Gasteiger partial charge < -0.3 is 17.9 Å². The van der Waals surface area contributed by atoms with Crippen LogP contribution in [0.2, 0.25) is 0 Å². The minimum Gasteiger partial charge on any atom is -0.593 e. The first-order chi connectivity index (χ1) is 7.01. The van der Waals surface area contributed by atoms with Gasteiger partial charge in [0.25, 0.3) is 0 Å². The number of carbonyl (C=O) groups excluding carboxylic acids is 2. The number of halogens is 2. The van der Waals surface area contributed by atoms with Crippen LogP contribution in [0.15, 0.2) is 30.6 Å². The van der Waals surface area contributed by atoms with E-state index in [4.69, 9.17) is 0 Å². The fraction of sp³-hybridized carbons (Fsp3) is 0. The molecule has 1 saturated heterocycles. The third kappa shape index (κ3) is 3.71. The molecular formula is C7H6BF2NO4. The van der Waals surface area contributed by atoms with Crippen LogP contribution in [0.3, 0.4) is 0 Å². The second-order valence-electron chi connectivity index (χ2n) is 2.42. The van der Waals surface area contributed by atoms with Crippen molar-refractivity contribution in [3.63, 3.8) is 0 Å². The lowest BCUT2D eigenvalue weighted by Gasteiger charge is -2.10. The van der Waals surface area contributed by atoms with Gasteiger partial charge in [-0.15, -0.1) is 0 Å². The Labute approximate surface area is 83.1 Å². The Morgan fingerprint density at radius 2 is 1.47 bits per heavy atom. The number of rotatable bonds is 0. The average Bonchev–Trinajstić information content (AvgIpc) is 2.42. The lowest BCUT2D eigenvalue weighted by atomic mass is 10.2. The molecule has 0 aromatic carbocycles. The molecule has 1 aromatic heterocycles. The number of aromatic amines is 1. The fourth-order valence-electron chi connectivity index (χ4n) is 0.711. The van der Waals surface area contributed by atoms with Gasteiger partial charge in [-0.1, -0.05) is 6.07 Å². The van der Waals surface area contributed by atoms with E-state index in [2.05, 4.69) is 14.3 Å². The normalized spacial score (nSPS) is 17.2. The molecule has 80 valence electrons. The maximum Gasteiger partial charge on any atom is 0.730 e. The summed E-state index contributed by atoms with van der Waals surface area (Å²) in [6, 6.07) is 5.86. The van der Waals surface area contributed by atoms with Crippen molar-refractivity contribution in [1.29, 1.82) is 0 Å². The van der Waals surface area contributed by atoms with Crippen LogP contribution in [-0.4, -0.2) is 19.0 Å². The summed E-state index contributed by atoms with van der Waals surface area (Å²) in [5.74, 6) is -3.28. The van der Waals surface area contributed by atoms with E-state index in [1.165, 1.54) is 0 Å². The van der Waals surface area contributed by atoms with Gasteiger partial charge in [-0.05, 0) is 0 Å². The Balaban J connectivity index is 0.000000162. The maximum atomic E-state index is 11.6. The van der Waals surface area contributed by atoms with Crippen molar-refractivity contribution in [2.24, 2.45) is 0 Å².